The molecule has 10 amide bonds. The van der Waals surface area contributed by atoms with E-state index in [1.807, 2.05) is 0 Å². The lowest BCUT2D eigenvalue weighted by Crippen LogP contribution is -2.62. The fraction of sp³-hybridized carbons (Fsp3) is 0.704. The average Bonchev–Trinajstić information content (AvgIpc) is 4.34. The van der Waals surface area contributed by atoms with E-state index in [2.05, 4.69) is 62.8 Å². The quantitative estimate of drug-likeness (QED) is 0.0125. The molecule has 34 nitrogen and oxygen atoms in total. The van der Waals surface area contributed by atoms with Gasteiger partial charge in [0.15, 0.2) is 5.96 Å². The second kappa shape index (κ2) is 43.2. The van der Waals surface area contributed by atoms with Crippen LogP contribution in [0.1, 0.15) is 115 Å². The van der Waals surface area contributed by atoms with Crippen LogP contribution < -0.4 is 99.5 Å². The summed E-state index contributed by atoms with van der Waals surface area (Å²) in [5.74, 6) is -8.43. The zero-order valence-electron chi connectivity index (χ0n) is 50.6. The van der Waals surface area contributed by atoms with Crippen molar-refractivity contribution in [1.29, 1.82) is 0 Å². The molecule has 0 aliphatic carbocycles. The average molecular weight is 1250 g/mol. The highest BCUT2D eigenvalue weighted by molar-refractivity contribution is 6.02. The molecule has 34 heteroatoms. The van der Waals surface area contributed by atoms with Crippen LogP contribution in [0.25, 0.3) is 0 Å². The molecule has 1 aliphatic heterocycles. The minimum atomic E-state index is -1.73. The second-order valence-corrected chi connectivity index (χ2v) is 21.4. The molecule has 1 aromatic rings. The van der Waals surface area contributed by atoms with Gasteiger partial charge >= 0.3 is 0 Å². The summed E-state index contributed by atoms with van der Waals surface area (Å²) in [7, 11) is 0. The molecule has 498 valence electrons. The van der Waals surface area contributed by atoms with Crippen molar-refractivity contribution in [1.82, 2.24) is 62.7 Å². The van der Waals surface area contributed by atoms with Crippen LogP contribution in [-0.4, -0.2) is 216 Å². The molecule has 1 aliphatic rings. The highest BCUT2D eigenvalue weighted by Crippen LogP contribution is 2.21. The molecule has 1 aromatic heterocycles. The second-order valence-electron chi connectivity index (χ2n) is 21.4. The number of aromatic amines is 1. The molecule has 1 fully saturated rings. The van der Waals surface area contributed by atoms with Crippen LogP contribution >= 0.6 is 0 Å². The maximum atomic E-state index is 14.5. The van der Waals surface area contributed by atoms with Crippen molar-refractivity contribution >= 4 is 65.0 Å². The van der Waals surface area contributed by atoms with Gasteiger partial charge in [-0.3, -0.25) is 52.9 Å². The van der Waals surface area contributed by atoms with E-state index in [1.165, 1.54) is 30.4 Å². The molecule has 0 aromatic carbocycles. The third-order valence-corrected chi connectivity index (χ3v) is 14.1. The number of nitrogens with zero attached hydrogens (tertiary/aromatic N) is 3. The number of aliphatic imine (C=N–C) groups is 1. The van der Waals surface area contributed by atoms with Gasteiger partial charge in [-0.2, -0.15) is 0 Å². The maximum Gasteiger partial charge on any atom is 0.268 e. The van der Waals surface area contributed by atoms with Crippen molar-refractivity contribution in [3.8, 4) is 0 Å². The van der Waals surface area contributed by atoms with E-state index in [1.54, 1.807) is 0 Å². The number of aliphatic hydroxyl groups is 2. The lowest BCUT2D eigenvalue weighted by Gasteiger charge is -2.30. The van der Waals surface area contributed by atoms with E-state index in [0.29, 0.717) is 89.7 Å². The van der Waals surface area contributed by atoms with Gasteiger partial charge in [0.05, 0.1) is 31.1 Å². The van der Waals surface area contributed by atoms with E-state index in [0.717, 1.165) is 0 Å². The molecule has 1 saturated heterocycles. The number of carbonyl (C=O) groups excluding carboxylic acids is 10. The van der Waals surface area contributed by atoms with Gasteiger partial charge in [0.25, 0.3) is 5.91 Å². The highest BCUT2D eigenvalue weighted by atomic mass is 16.3. The summed E-state index contributed by atoms with van der Waals surface area (Å²) in [5, 5.41) is 44.1. The van der Waals surface area contributed by atoms with Gasteiger partial charge in [0.1, 0.15) is 48.0 Å². The first kappa shape index (κ1) is 76.7. The number of nitrogens with one attached hydrogen (secondary N) is 10. The Hall–Kier alpha value is -7.44. The van der Waals surface area contributed by atoms with Gasteiger partial charge < -0.3 is 120 Å². The Morgan fingerprint density at radius 2 is 1.27 bits per heavy atom. The summed E-state index contributed by atoms with van der Waals surface area (Å²) >= 11 is 0. The normalized spacial score (nSPS) is 16.2. The Morgan fingerprint density at radius 3 is 1.86 bits per heavy atom. The number of unbranched alkanes of at least 4 members (excludes halogenated alkanes) is 4. The van der Waals surface area contributed by atoms with Crippen LogP contribution in [0.2, 0.25) is 0 Å². The highest BCUT2D eigenvalue weighted by Gasteiger charge is 2.40. The first-order valence-electron chi connectivity index (χ1n) is 30.1. The molecule has 0 spiro atoms. The van der Waals surface area contributed by atoms with Crippen LogP contribution in [0.5, 0.6) is 0 Å². The number of rotatable bonds is 45. The Kier molecular flexibility index (Phi) is 37.7. The van der Waals surface area contributed by atoms with Crippen LogP contribution in [0, 0.1) is 0 Å². The molecule has 0 bridgehead atoms. The topological polar surface area (TPSA) is 598 Å². The van der Waals surface area contributed by atoms with Crippen LogP contribution in [-0.2, 0) is 54.4 Å². The number of hydrogen-bond acceptors (Lipinski definition) is 21. The van der Waals surface area contributed by atoms with Gasteiger partial charge in [-0.25, -0.2) is 4.98 Å². The zero-order valence-corrected chi connectivity index (χ0v) is 50.6. The van der Waals surface area contributed by atoms with E-state index in [4.69, 9.17) is 51.6 Å². The number of amides is 10. The SMILES string of the molecule is C[C@H](O)[C@H](NC(=O)[C@@H](NC(=O)[C@@H](N)CCCCN)[C@@H](O)CN)C(=O)NCC(=O)N[C@H](CCCN)C(=O)N1CCC[C@H]1C(=O)NC(Cc1cnc[nH]1)C(=O)N[C@@H](CCCCN)C(=O)N/C(=C\CCN=C(N)N)C(=O)N[C@@H](CCCCN)C(=O)NCCCCN. The number of guanidine groups is 1. The van der Waals surface area contributed by atoms with Crippen molar-refractivity contribution in [2.45, 2.75) is 177 Å². The number of likely N-dealkylation sites (tertiary alicyclic amines) is 1. The molecule has 30 N–H and O–H groups in total. The zero-order chi connectivity index (χ0) is 65.6. The van der Waals surface area contributed by atoms with E-state index >= 15 is 0 Å². The number of carbonyl (C=O) groups is 10. The summed E-state index contributed by atoms with van der Waals surface area (Å²) < 4.78 is 0. The van der Waals surface area contributed by atoms with E-state index in [-0.39, 0.29) is 89.2 Å². The summed E-state index contributed by atoms with van der Waals surface area (Å²) in [5.41, 5.74) is 51.2. The Morgan fingerprint density at radius 1 is 0.670 bits per heavy atom. The lowest BCUT2D eigenvalue weighted by molar-refractivity contribution is -0.142. The molecule has 2 heterocycles. The minimum Gasteiger partial charge on any atom is -0.391 e. The molecular weight excluding hydrogens is 1150 g/mol. The molecule has 0 radical (unpaired) electrons. The number of aromatic nitrogens is 2. The maximum absolute atomic E-state index is 14.5. The fourth-order valence-electron chi connectivity index (χ4n) is 9.18. The van der Waals surface area contributed by atoms with Gasteiger partial charge in [0, 0.05) is 44.5 Å². The summed E-state index contributed by atoms with van der Waals surface area (Å²) in [6.45, 7) is 1.79. The molecular formula is C54H100N22O12. The fourth-order valence-corrected chi connectivity index (χ4v) is 9.18. The van der Waals surface area contributed by atoms with Gasteiger partial charge in [0.2, 0.25) is 53.2 Å². The molecule has 88 heavy (non-hydrogen) atoms. The molecule has 10 atom stereocenters. The lowest BCUT2D eigenvalue weighted by atomic mass is 10.0. The number of nitrogens with two attached hydrogens (primary N) is 9. The standard InChI is InChI=1S/C54H100N22O12/c1-32(77)43(74-52(87)44(41(78)28-60)75-45(80)34(61)13-2-5-19-55)51(86)67-30-42(79)69-38(16-10-23-59)53(88)76-26-12-18-40(76)50(85)73-39(27-33-29-64-31-68-33)49(84)72-36(15-4-7-21-57)47(82)71-37(17-11-25-66-54(62)63)48(83)70-35(14-3-6-20-56)46(81)65-24-9-8-22-58/h17,29,31-32,34-36,38-41,43-44,77-78H,2-16,18-28,30,55-61H2,1H3,(H,64,68)(H,65,81)(H,67,86)(H,69,79)(H,70,83)(H,71,82)(H,72,84)(H,73,85)(H,74,87)(H,75,80)(H4,62,63,66)/b37-17-/t32-,34-,35-,36-,38+,39?,40-,41-,43-,44-/m0/s1. The molecule has 2 rings (SSSR count). The summed E-state index contributed by atoms with van der Waals surface area (Å²) in [6.07, 6.45) is 6.20. The molecule has 0 saturated carbocycles. The van der Waals surface area contributed by atoms with Crippen LogP contribution in [0.4, 0.5) is 0 Å². The monoisotopic (exact) mass is 1250 g/mol. The summed E-state index contributed by atoms with van der Waals surface area (Å²) in [6, 6.07) is -10.7. The predicted molar refractivity (Wildman–Crippen MR) is 326 cm³/mol. The van der Waals surface area contributed by atoms with E-state index < -0.39 is 133 Å². The van der Waals surface area contributed by atoms with Crippen LogP contribution in [0.15, 0.2) is 29.3 Å². The molecule has 1 unspecified atom stereocenters. The van der Waals surface area contributed by atoms with Crippen LogP contribution in [0.3, 0.4) is 0 Å². The van der Waals surface area contributed by atoms with Gasteiger partial charge in [-0.15, -0.1) is 0 Å². The van der Waals surface area contributed by atoms with E-state index in [9.17, 15) is 58.2 Å². The van der Waals surface area contributed by atoms with Crippen molar-refractivity contribution in [3.05, 3.63) is 30.0 Å². The number of aliphatic hydroxyl groups excluding tert-OH is 2. The largest absolute Gasteiger partial charge is 0.391 e. The Labute approximate surface area is 513 Å². The Balaban J connectivity index is 2.37. The van der Waals surface area contributed by atoms with Crippen molar-refractivity contribution in [2.24, 2.45) is 56.6 Å². The van der Waals surface area contributed by atoms with Gasteiger partial charge in [-0.05, 0) is 136 Å². The number of H-pyrrole nitrogens is 1. The van der Waals surface area contributed by atoms with Crippen molar-refractivity contribution in [3.63, 3.8) is 0 Å². The van der Waals surface area contributed by atoms with Crippen molar-refractivity contribution in [2.75, 3.05) is 65.4 Å². The predicted octanol–water partition coefficient (Wildman–Crippen LogP) is -8.36. The Bertz CT molecular complexity index is 2400. The minimum absolute atomic E-state index is 0.00685. The number of hydrogen-bond donors (Lipinski definition) is 21. The third kappa shape index (κ3) is 28.6. The van der Waals surface area contributed by atoms with Crippen molar-refractivity contribution < 1.29 is 58.2 Å². The summed E-state index contributed by atoms with van der Waals surface area (Å²) in [4.78, 5) is 150. The first-order chi connectivity index (χ1) is 42.1. The smallest absolute Gasteiger partial charge is 0.268 e. The third-order valence-electron chi connectivity index (χ3n) is 14.1. The first-order valence-corrected chi connectivity index (χ1v) is 30.1. The van der Waals surface area contributed by atoms with Gasteiger partial charge in [-0.1, -0.05) is 12.5 Å². The number of imidazole rings is 1.